The van der Waals surface area contributed by atoms with Crippen LogP contribution < -0.4 is 0 Å². The first-order chi connectivity index (χ1) is 14.4. The number of aryl methyl sites for hydroxylation is 1. The fourth-order valence-corrected chi connectivity index (χ4v) is 4.10. The number of aromatic nitrogens is 1. The van der Waals surface area contributed by atoms with E-state index in [0.717, 1.165) is 16.5 Å². The van der Waals surface area contributed by atoms with E-state index in [-0.39, 0.29) is 24.5 Å². The number of halogens is 1. The van der Waals surface area contributed by atoms with Crippen molar-refractivity contribution in [3.05, 3.63) is 76.5 Å². The molecule has 4 rings (SSSR count). The van der Waals surface area contributed by atoms with E-state index in [0.29, 0.717) is 10.6 Å². The SMILES string of the molecule is COCCN1C(=O)C(=O)/C(=C(/O)c2ccc(Cl)cc2)C1c1cn(C)c2ccccc12. The number of methoxy groups -OCH3 is 1. The Labute approximate surface area is 178 Å². The zero-order valence-corrected chi connectivity index (χ0v) is 17.4. The summed E-state index contributed by atoms with van der Waals surface area (Å²) in [5, 5.41) is 12.5. The molecule has 30 heavy (non-hydrogen) atoms. The Balaban J connectivity index is 1.95. The maximum absolute atomic E-state index is 13.0. The number of benzene rings is 2. The van der Waals surface area contributed by atoms with Crippen molar-refractivity contribution in [1.82, 2.24) is 9.47 Å². The molecule has 1 saturated heterocycles. The highest BCUT2D eigenvalue weighted by Crippen LogP contribution is 2.42. The number of hydrogen-bond acceptors (Lipinski definition) is 4. The number of rotatable bonds is 5. The maximum Gasteiger partial charge on any atom is 0.295 e. The zero-order chi connectivity index (χ0) is 21.4. The maximum atomic E-state index is 13.0. The van der Waals surface area contributed by atoms with E-state index in [1.165, 1.54) is 12.0 Å². The van der Waals surface area contributed by atoms with Crippen LogP contribution in [0, 0.1) is 0 Å². The summed E-state index contributed by atoms with van der Waals surface area (Å²) in [7, 11) is 3.45. The number of carbonyl (C=O) groups excluding carboxylic acids is 2. The van der Waals surface area contributed by atoms with Crippen LogP contribution in [-0.4, -0.2) is 46.5 Å². The second kappa shape index (κ2) is 7.97. The van der Waals surface area contributed by atoms with Crippen molar-refractivity contribution in [2.45, 2.75) is 6.04 Å². The van der Waals surface area contributed by atoms with E-state index in [9.17, 15) is 14.7 Å². The molecule has 1 atom stereocenters. The molecular weight excluding hydrogens is 404 g/mol. The molecule has 2 heterocycles. The van der Waals surface area contributed by atoms with Gasteiger partial charge in [0.2, 0.25) is 0 Å². The fourth-order valence-electron chi connectivity index (χ4n) is 3.98. The summed E-state index contributed by atoms with van der Waals surface area (Å²) in [6.45, 7) is 0.502. The Morgan fingerprint density at radius 2 is 1.83 bits per heavy atom. The summed E-state index contributed by atoms with van der Waals surface area (Å²) in [4.78, 5) is 27.4. The van der Waals surface area contributed by atoms with Crippen LogP contribution in [0.25, 0.3) is 16.7 Å². The largest absolute Gasteiger partial charge is 0.507 e. The Morgan fingerprint density at radius 1 is 1.13 bits per heavy atom. The van der Waals surface area contributed by atoms with Crippen molar-refractivity contribution >= 4 is 40.0 Å². The van der Waals surface area contributed by atoms with Crippen LogP contribution in [0.15, 0.2) is 60.3 Å². The van der Waals surface area contributed by atoms with Gasteiger partial charge in [0.25, 0.3) is 11.7 Å². The number of likely N-dealkylation sites (tertiary alicyclic amines) is 1. The van der Waals surface area contributed by atoms with Crippen molar-refractivity contribution in [3.8, 4) is 0 Å². The summed E-state index contributed by atoms with van der Waals surface area (Å²) in [6.07, 6.45) is 1.90. The molecule has 2 aromatic carbocycles. The first-order valence-corrected chi connectivity index (χ1v) is 9.89. The third kappa shape index (κ3) is 3.28. The van der Waals surface area contributed by atoms with Gasteiger partial charge in [-0.15, -0.1) is 0 Å². The number of carbonyl (C=O) groups is 2. The summed E-state index contributed by atoms with van der Waals surface area (Å²) < 4.78 is 7.10. The molecule has 1 aromatic heterocycles. The minimum Gasteiger partial charge on any atom is -0.507 e. The number of ketones is 1. The molecule has 0 spiro atoms. The van der Waals surface area contributed by atoms with Gasteiger partial charge < -0.3 is 19.3 Å². The predicted molar refractivity (Wildman–Crippen MR) is 115 cm³/mol. The molecular formula is C23H21ClN2O4. The average molecular weight is 425 g/mol. The van der Waals surface area contributed by atoms with Crippen LogP contribution >= 0.6 is 11.6 Å². The second-order valence-corrected chi connectivity index (χ2v) is 7.64. The van der Waals surface area contributed by atoms with Crippen LogP contribution in [0.1, 0.15) is 17.2 Å². The lowest BCUT2D eigenvalue weighted by atomic mass is 9.95. The summed E-state index contributed by atoms with van der Waals surface area (Å²) in [5.41, 5.74) is 2.24. The Morgan fingerprint density at radius 3 is 2.53 bits per heavy atom. The first kappa shape index (κ1) is 20.2. The highest BCUT2D eigenvalue weighted by atomic mass is 35.5. The Hall–Kier alpha value is -3.09. The van der Waals surface area contributed by atoms with Gasteiger partial charge in [-0.05, 0) is 30.3 Å². The molecule has 1 aliphatic rings. The molecule has 3 aromatic rings. The van der Waals surface area contributed by atoms with Gasteiger partial charge in [0, 0.05) is 54.0 Å². The molecule has 1 N–H and O–H groups in total. The molecule has 0 saturated carbocycles. The minimum atomic E-state index is -0.720. The van der Waals surface area contributed by atoms with Crippen LogP contribution in [-0.2, 0) is 21.4 Å². The number of aliphatic hydroxyl groups is 1. The standard InChI is InChI=1S/C23H21ClN2O4/c1-25-13-17(16-5-3-4-6-18(16)25)20-19(21(27)14-7-9-15(24)10-8-14)22(28)23(29)26(20)11-12-30-2/h3-10,13,20,27H,11-12H2,1-2H3/b21-19+. The number of ether oxygens (including phenoxy) is 1. The molecule has 1 unspecified atom stereocenters. The second-order valence-electron chi connectivity index (χ2n) is 7.20. The zero-order valence-electron chi connectivity index (χ0n) is 16.6. The van der Waals surface area contributed by atoms with E-state index >= 15 is 0 Å². The lowest BCUT2D eigenvalue weighted by Crippen LogP contribution is -2.32. The molecule has 0 bridgehead atoms. The number of nitrogens with zero attached hydrogens (tertiary/aromatic N) is 2. The Bertz CT molecular complexity index is 1160. The van der Waals surface area contributed by atoms with Crippen LogP contribution in [0.5, 0.6) is 0 Å². The van der Waals surface area contributed by atoms with E-state index in [2.05, 4.69) is 0 Å². The van der Waals surface area contributed by atoms with E-state index in [1.54, 1.807) is 24.3 Å². The highest BCUT2D eigenvalue weighted by Gasteiger charge is 2.46. The van der Waals surface area contributed by atoms with Gasteiger partial charge in [0.1, 0.15) is 5.76 Å². The summed E-state index contributed by atoms with van der Waals surface area (Å²) in [5.74, 6) is -1.58. The molecule has 0 aliphatic carbocycles. The lowest BCUT2D eigenvalue weighted by molar-refractivity contribution is -0.140. The van der Waals surface area contributed by atoms with Gasteiger partial charge in [-0.25, -0.2) is 0 Å². The topological polar surface area (TPSA) is 71.8 Å². The van der Waals surface area contributed by atoms with Gasteiger partial charge in [0.05, 0.1) is 18.2 Å². The highest BCUT2D eigenvalue weighted by molar-refractivity contribution is 6.46. The quantitative estimate of drug-likeness (QED) is 0.383. The number of para-hydroxylation sites is 1. The summed E-state index contributed by atoms with van der Waals surface area (Å²) in [6, 6.07) is 13.6. The van der Waals surface area contributed by atoms with E-state index < -0.39 is 17.7 Å². The van der Waals surface area contributed by atoms with Gasteiger partial charge in [-0.3, -0.25) is 9.59 Å². The fraction of sp³-hybridized carbons (Fsp3) is 0.217. The van der Waals surface area contributed by atoms with Crippen molar-refractivity contribution in [2.75, 3.05) is 20.3 Å². The van der Waals surface area contributed by atoms with Crippen LogP contribution in [0.4, 0.5) is 0 Å². The lowest BCUT2D eigenvalue weighted by Gasteiger charge is -2.24. The number of aliphatic hydroxyl groups excluding tert-OH is 1. The third-order valence-electron chi connectivity index (χ3n) is 5.42. The van der Waals surface area contributed by atoms with Gasteiger partial charge in [0.15, 0.2) is 0 Å². The normalized spacial score (nSPS) is 18.5. The van der Waals surface area contributed by atoms with Gasteiger partial charge in [-0.2, -0.15) is 0 Å². The summed E-state index contributed by atoms with van der Waals surface area (Å²) >= 11 is 5.96. The monoisotopic (exact) mass is 424 g/mol. The first-order valence-electron chi connectivity index (χ1n) is 9.51. The van der Waals surface area contributed by atoms with Crippen molar-refractivity contribution in [1.29, 1.82) is 0 Å². The predicted octanol–water partition coefficient (Wildman–Crippen LogP) is 3.90. The molecule has 154 valence electrons. The van der Waals surface area contributed by atoms with E-state index in [4.69, 9.17) is 16.3 Å². The Kier molecular flexibility index (Phi) is 5.37. The molecule has 1 aliphatic heterocycles. The van der Waals surface area contributed by atoms with Crippen molar-refractivity contribution < 1.29 is 19.4 Å². The van der Waals surface area contributed by atoms with Gasteiger partial charge in [-0.1, -0.05) is 29.8 Å². The third-order valence-corrected chi connectivity index (χ3v) is 5.67. The number of fused-ring (bicyclic) bond motifs is 1. The number of amides is 1. The molecule has 7 heteroatoms. The smallest absolute Gasteiger partial charge is 0.295 e. The van der Waals surface area contributed by atoms with Crippen LogP contribution in [0.3, 0.4) is 0 Å². The van der Waals surface area contributed by atoms with Crippen molar-refractivity contribution in [2.24, 2.45) is 7.05 Å². The van der Waals surface area contributed by atoms with Crippen molar-refractivity contribution in [3.63, 3.8) is 0 Å². The molecule has 1 fully saturated rings. The molecule has 0 radical (unpaired) electrons. The molecule has 1 amide bonds. The van der Waals surface area contributed by atoms with Crippen LogP contribution in [0.2, 0.25) is 5.02 Å². The van der Waals surface area contributed by atoms with Gasteiger partial charge >= 0.3 is 0 Å². The average Bonchev–Trinajstić information content (AvgIpc) is 3.21. The molecule has 6 nitrogen and oxygen atoms in total. The minimum absolute atomic E-state index is 0.0646. The van der Waals surface area contributed by atoms with E-state index in [1.807, 2.05) is 42.1 Å². The number of Topliss-reactive ketones (excluding diaryl/α,β-unsaturated/α-hetero) is 1. The number of hydrogen-bond donors (Lipinski definition) is 1.